The number of aliphatic hydroxyl groups is 14. The zero-order chi connectivity index (χ0) is 68.9. The van der Waals surface area contributed by atoms with Crippen LogP contribution in [0.3, 0.4) is 0 Å². The van der Waals surface area contributed by atoms with Crippen LogP contribution in [0.5, 0.6) is 0 Å². The van der Waals surface area contributed by atoms with Crippen LogP contribution in [0, 0.1) is 40.4 Å². The maximum Gasteiger partial charge on any atom is 0.397 e. The van der Waals surface area contributed by atoms with E-state index in [0.29, 0.717) is 38.5 Å². The van der Waals surface area contributed by atoms with Crippen molar-refractivity contribution in [1.29, 1.82) is 0 Å². The molecule has 0 bridgehead atoms. The normalized spacial score (nSPS) is 52.4. The van der Waals surface area contributed by atoms with E-state index < -0.39 is 230 Å². The van der Waals surface area contributed by atoms with Gasteiger partial charge in [0.1, 0.15) is 116 Å². The van der Waals surface area contributed by atoms with Crippen molar-refractivity contribution >= 4 is 16.2 Å². The first kappa shape index (κ1) is 74.9. The fourth-order valence-corrected chi connectivity index (χ4v) is 17.7. The van der Waals surface area contributed by atoms with Gasteiger partial charge in [-0.3, -0.25) is 9.35 Å². The molecule has 32 heteroatoms. The molecule has 6 heterocycles. The standard InChI is InChI=1S/C62H102O31S/c1-22(2)17-28(63)20-62(10,77)36-12-11-31-30-19-34(33-18-29(93-94(78,79)80)13-15-60(33,8)32(30)14-16-61(31,36)9)87-56-48(75)51(41(68)26(6)84-56)90-58-52(91-55-47(74)44(71)38(65)24(4)83-55)42(69)35(21-81-58)88-59-53(45(72)39(66)25(5)86-59)92-57-49(76)50(40(67)27(7)85-57)89-54-46(73)43(70)37(64)23(3)82-54/h14,22-27,29-31,33-59,64-77H,11-13,15-21H2,1-10H3,(H,78,79,80)/t23?,24?,25?,26?,27?,29-,30?,31?,33?,34-,35?,36-,37?,38?,39?,40?,41?,42?,43?,44?,45?,46?,47?,48?,49?,50?,51?,52?,53?,54?,55?,56?,57?,58?,59?,60+,61-,62?/m0/s1. The second kappa shape index (κ2) is 28.9. The number of hydrogen-bond donors (Lipinski definition) is 15. The van der Waals surface area contributed by atoms with E-state index in [-0.39, 0.29) is 48.7 Å². The largest absolute Gasteiger partial charge is 0.397 e. The van der Waals surface area contributed by atoms with E-state index in [2.05, 4.69) is 19.9 Å². The minimum absolute atomic E-state index is 0.00310. The molecule has 0 radical (unpaired) electrons. The van der Waals surface area contributed by atoms with Gasteiger partial charge in [-0.2, -0.15) is 8.42 Å². The number of Topliss-reactive ketones (excluding diaryl/α,β-unsaturated/α-hetero) is 1. The summed E-state index contributed by atoms with van der Waals surface area (Å²) in [5, 5.41) is 159. The van der Waals surface area contributed by atoms with Gasteiger partial charge in [-0.1, -0.05) is 39.3 Å². The first-order chi connectivity index (χ1) is 43.8. The predicted molar refractivity (Wildman–Crippen MR) is 315 cm³/mol. The van der Waals surface area contributed by atoms with Crippen LogP contribution in [0.15, 0.2) is 11.6 Å². The fourth-order valence-electron chi connectivity index (χ4n) is 17.1. The van der Waals surface area contributed by atoms with Gasteiger partial charge in [0.25, 0.3) is 0 Å². The molecular weight excluding hydrogens is 1270 g/mol. The number of ketones is 1. The summed E-state index contributed by atoms with van der Waals surface area (Å²) in [4.78, 5) is 13.3. The SMILES string of the molecule is CC(C)CC(=O)CC(C)(O)[C@H]1CCC2C3C[C@H](OC4OC(C)C(O)C(OC5OCC(OC6OC(C)C(O)C(O)C6OC6OC(C)C(O)C(OC7OC(C)C(O)C(O)C7O)C6O)C(O)C5OC5OC(C)C(O)C(O)C5O)C4O)C4C[C@@H](OS(=O)(=O)O)CC[C@]4(C)C3=CC[C@@]21C. The molecule has 33 unspecified atom stereocenters. The molecule has 542 valence electrons. The minimum Gasteiger partial charge on any atom is -0.389 e. The van der Waals surface area contributed by atoms with Gasteiger partial charge >= 0.3 is 10.4 Å². The summed E-state index contributed by atoms with van der Waals surface area (Å²) in [6.45, 7) is 16.2. The maximum atomic E-state index is 13.3. The molecule has 0 amide bonds. The summed E-state index contributed by atoms with van der Waals surface area (Å²) in [5.74, 6) is -0.854. The summed E-state index contributed by atoms with van der Waals surface area (Å²) in [6, 6.07) is 0. The first-order valence-electron chi connectivity index (χ1n) is 33.1. The summed E-state index contributed by atoms with van der Waals surface area (Å²) >= 11 is 0. The molecule has 9 fully saturated rings. The Morgan fingerprint density at radius 1 is 0.553 bits per heavy atom. The molecule has 6 aliphatic heterocycles. The lowest BCUT2D eigenvalue weighted by Crippen LogP contribution is -2.67. The van der Waals surface area contributed by atoms with Gasteiger partial charge < -0.3 is 128 Å². The molecule has 4 aliphatic carbocycles. The summed E-state index contributed by atoms with van der Waals surface area (Å²) in [7, 11) is -4.90. The van der Waals surface area contributed by atoms with Crippen molar-refractivity contribution in [3.63, 3.8) is 0 Å². The summed E-state index contributed by atoms with van der Waals surface area (Å²) < 4.78 is 113. The van der Waals surface area contributed by atoms with Crippen molar-refractivity contribution in [2.45, 2.75) is 323 Å². The van der Waals surface area contributed by atoms with Crippen molar-refractivity contribution in [2.24, 2.45) is 40.4 Å². The Balaban J connectivity index is 0.898. The minimum atomic E-state index is -4.90. The van der Waals surface area contributed by atoms with E-state index in [9.17, 15) is 89.3 Å². The van der Waals surface area contributed by atoms with Gasteiger partial charge in [0.15, 0.2) is 37.7 Å². The third-order valence-corrected chi connectivity index (χ3v) is 22.8. The molecule has 94 heavy (non-hydrogen) atoms. The van der Waals surface area contributed by atoms with Gasteiger partial charge in [0.2, 0.25) is 0 Å². The highest BCUT2D eigenvalue weighted by atomic mass is 32.3. The molecular formula is C62H102O31S. The Bertz CT molecular complexity index is 2710. The van der Waals surface area contributed by atoms with Gasteiger partial charge in [-0.25, -0.2) is 4.18 Å². The second-order valence-corrected chi connectivity index (χ2v) is 30.5. The quantitative estimate of drug-likeness (QED) is 0.0459. The third-order valence-electron chi connectivity index (χ3n) is 22.3. The van der Waals surface area contributed by atoms with Gasteiger partial charge in [0.05, 0.1) is 54.9 Å². The van der Waals surface area contributed by atoms with Crippen molar-refractivity contribution < 1.29 is 150 Å². The smallest absolute Gasteiger partial charge is 0.389 e. The number of aliphatic hydroxyl groups excluding tert-OH is 13. The number of allylic oxidation sites excluding steroid dienone is 2. The van der Waals surface area contributed by atoms with Crippen LogP contribution >= 0.6 is 0 Å². The van der Waals surface area contributed by atoms with Crippen LogP contribution in [0.2, 0.25) is 0 Å². The van der Waals surface area contributed by atoms with E-state index in [1.54, 1.807) is 6.92 Å². The first-order valence-corrected chi connectivity index (χ1v) is 34.5. The van der Waals surface area contributed by atoms with Gasteiger partial charge in [-0.15, -0.1) is 0 Å². The highest BCUT2D eigenvalue weighted by Gasteiger charge is 2.64. The van der Waals surface area contributed by atoms with E-state index in [4.69, 9.17) is 61.0 Å². The Morgan fingerprint density at radius 2 is 1.01 bits per heavy atom. The average molecular weight is 1380 g/mol. The van der Waals surface area contributed by atoms with Crippen molar-refractivity contribution in [3.8, 4) is 0 Å². The molecule has 0 aromatic carbocycles. The van der Waals surface area contributed by atoms with Crippen molar-refractivity contribution in [3.05, 3.63) is 11.6 Å². The molecule has 10 rings (SSSR count). The van der Waals surface area contributed by atoms with Crippen molar-refractivity contribution in [2.75, 3.05) is 6.61 Å². The number of rotatable bonds is 19. The Kier molecular flexibility index (Phi) is 23.1. The molecule has 10 aliphatic rings. The monoisotopic (exact) mass is 1370 g/mol. The number of hydrogen-bond acceptors (Lipinski definition) is 30. The van der Waals surface area contributed by atoms with Crippen molar-refractivity contribution in [1.82, 2.24) is 0 Å². The number of ether oxygens (including phenoxy) is 12. The molecule has 3 saturated carbocycles. The van der Waals surface area contributed by atoms with Crippen LogP contribution in [0.1, 0.15) is 127 Å². The zero-order valence-corrected chi connectivity index (χ0v) is 55.4. The lowest BCUT2D eigenvalue weighted by Gasteiger charge is -2.60. The van der Waals surface area contributed by atoms with E-state index >= 15 is 0 Å². The molecule has 0 spiro atoms. The number of carbonyl (C=O) groups excluding carboxylic acids is 1. The Labute approximate surface area is 546 Å². The Hall–Kier alpha value is -1.76. The average Bonchev–Trinajstić information content (AvgIpc) is 1.33. The molecule has 0 aromatic heterocycles. The van der Waals surface area contributed by atoms with E-state index in [1.807, 2.05) is 13.8 Å². The van der Waals surface area contributed by atoms with Gasteiger partial charge in [-0.05, 0) is 127 Å². The molecule has 15 N–H and O–H groups in total. The number of fused-ring (bicyclic) bond motifs is 5. The van der Waals surface area contributed by atoms with Crippen LogP contribution < -0.4 is 0 Å². The van der Waals surface area contributed by atoms with Crippen LogP contribution in [-0.4, -0.2) is 293 Å². The lowest BCUT2D eigenvalue weighted by molar-refractivity contribution is -0.401. The molecule has 6 saturated heterocycles. The van der Waals surface area contributed by atoms with Gasteiger partial charge in [0, 0.05) is 12.8 Å². The van der Waals surface area contributed by atoms with Crippen LogP contribution in [-0.2, 0) is 76.2 Å². The van der Waals surface area contributed by atoms with Crippen LogP contribution in [0.4, 0.5) is 0 Å². The highest BCUT2D eigenvalue weighted by molar-refractivity contribution is 7.80. The summed E-state index contributed by atoms with van der Waals surface area (Å²) in [6.07, 6.45) is -44.9. The Morgan fingerprint density at radius 3 is 1.54 bits per heavy atom. The second-order valence-electron chi connectivity index (χ2n) is 29.4. The third kappa shape index (κ3) is 14.8. The van der Waals surface area contributed by atoms with E-state index in [1.165, 1.54) is 34.6 Å². The summed E-state index contributed by atoms with van der Waals surface area (Å²) in [5.41, 5.74) is -1.30. The highest BCUT2D eigenvalue weighted by Crippen LogP contribution is 2.67. The lowest BCUT2D eigenvalue weighted by atomic mass is 9.47. The molecule has 38 atom stereocenters. The maximum absolute atomic E-state index is 13.3. The van der Waals surface area contributed by atoms with Crippen LogP contribution in [0.25, 0.3) is 0 Å². The number of carbonyl (C=O) groups is 1. The van der Waals surface area contributed by atoms with E-state index in [0.717, 1.165) is 5.57 Å². The molecule has 0 aromatic rings. The fraction of sp³-hybridized carbons (Fsp3) is 0.952. The predicted octanol–water partition coefficient (Wildman–Crippen LogP) is -2.80. The molecule has 31 nitrogen and oxygen atoms in total. The topological polar surface area (TPSA) is 475 Å². The zero-order valence-electron chi connectivity index (χ0n) is 54.6.